The lowest BCUT2D eigenvalue weighted by molar-refractivity contribution is 0.0727. The highest BCUT2D eigenvalue weighted by Gasteiger charge is 2.37. The van der Waals surface area contributed by atoms with E-state index in [1.807, 2.05) is 6.07 Å². The predicted molar refractivity (Wildman–Crippen MR) is 146 cm³/mol. The molecule has 6 rings (SSSR count). The van der Waals surface area contributed by atoms with Gasteiger partial charge in [0.25, 0.3) is 0 Å². The highest BCUT2D eigenvalue weighted by Crippen LogP contribution is 2.49. The fourth-order valence-electron chi connectivity index (χ4n) is 5.57. The predicted octanol–water partition coefficient (Wildman–Crippen LogP) is 6.48. The minimum atomic E-state index is -0.628. The molecule has 0 unspecified atom stereocenters. The number of likely N-dealkylation sites (tertiary alicyclic amines) is 1. The highest BCUT2D eigenvalue weighted by atomic mass is 35.5. The molecule has 0 bridgehead atoms. The van der Waals surface area contributed by atoms with E-state index in [9.17, 15) is 4.39 Å². The molecule has 1 saturated heterocycles. The van der Waals surface area contributed by atoms with Gasteiger partial charge in [0.05, 0.1) is 17.4 Å². The molecule has 4 aromatic rings. The molecule has 5 nitrogen and oxygen atoms in total. The summed E-state index contributed by atoms with van der Waals surface area (Å²) in [4.78, 5) is 11.4. The van der Waals surface area contributed by atoms with Crippen LogP contribution in [0.5, 0.6) is 5.75 Å². The number of benzene rings is 1. The van der Waals surface area contributed by atoms with E-state index < -0.39 is 5.60 Å². The number of fused-ring (bicyclic) bond motifs is 2. The van der Waals surface area contributed by atoms with Crippen LogP contribution < -0.4 is 4.74 Å². The van der Waals surface area contributed by atoms with Crippen LogP contribution in [0.1, 0.15) is 48.7 Å². The lowest BCUT2D eigenvalue weighted by Gasteiger charge is -2.38. The molecule has 0 saturated carbocycles. The first-order chi connectivity index (χ1) is 17.9. The van der Waals surface area contributed by atoms with Crippen molar-refractivity contribution in [3.63, 3.8) is 0 Å². The van der Waals surface area contributed by atoms with Crippen LogP contribution in [0, 0.1) is 5.92 Å². The number of pyridine rings is 2. The van der Waals surface area contributed by atoms with E-state index in [0.29, 0.717) is 5.02 Å². The molecule has 0 radical (unpaired) electrons. The summed E-state index contributed by atoms with van der Waals surface area (Å²) in [5.74, 6) is 1.04. The first-order valence-corrected chi connectivity index (χ1v) is 13.2. The molecule has 3 aromatic heterocycles. The molecule has 1 fully saturated rings. The van der Waals surface area contributed by atoms with Crippen molar-refractivity contribution in [1.82, 2.24) is 19.3 Å². The van der Waals surface area contributed by atoms with Gasteiger partial charge >= 0.3 is 0 Å². The standard InChI is InChI=1S/C30H30ClFN4O/c1-4-19-5-6-24-26(11-19)37-30(2,3)29(23-7-9-33-14-25(23)31)28(24)21-8-10-36-18-22(34-27(36)12-21)17-35-15-20(13-32)16-35/h5-12,14,18,20H,4,13,15-17H2,1-3H3. The van der Waals surface area contributed by atoms with Crippen LogP contribution >= 0.6 is 11.6 Å². The van der Waals surface area contributed by atoms with E-state index in [2.05, 4.69) is 77.8 Å². The molecule has 0 amide bonds. The maximum absolute atomic E-state index is 12.8. The smallest absolute Gasteiger partial charge is 0.137 e. The normalized spacial score (nSPS) is 17.5. The molecule has 7 heteroatoms. The molecular formula is C30H30ClFN4O. The Morgan fingerprint density at radius 1 is 1.14 bits per heavy atom. The number of ether oxygens (including phenoxy) is 1. The Kier molecular flexibility index (Phi) is 6.04. The minimum Gasteiger partial charge on any atom is -0.482 e. The number of alkyl halides is 1. The third-order valence-corrected chi connectivity index (χ3v) is 7.72. The van der Waals surface area contributed by atoms with Gasteiger partial charge in [-0.2, -0.15) is 0 Å². The Balaban J connectivity index is 1.50. The van der Waals surface area contributed by atoms with Crippen LogP contribution in [0.15, 0.2) is 61.2 Å². The van der Waals surface area contributed by atoms with Crippen molar-refractivity contribution in [3.05, 3.63) is 94.2 Å². The van der Waals surface area contributed by atoms with Gasteiger partial charge in [-0.3, -0.25) is 14.3 Å². The summed E-state index contributed by atoms with van der Waals surface area (Å²) in [6.45, 7) is 8.41. The van der Waals surface area contributed by atoms with Gasteiger partial charge in [-0.05, 0) is 55.7 Å². The third-order valence-electron chi connectivity index (χ3n) is 7.42. The summed E-state index contributed by atoms with van der Waals surface area (Å²) in [7, 11) is 0. The quantitative estimate of drug-likeness (QED) is 0.294. The van der Waals surface area contributed by atoms with Gasteiger partial charge in [-0.1, -0.05) is 30.7 Å². The SMILES string of the molecule is CCc1ccc2c(c1)OC(C)(C)C(c1ccncc1Cl)=C2c1ccn2cc(CN3CC(CF)C3)nc2c1. The number of rotatable bonds is 6. The zero-order valence-electron chi connectivity index (χ0n) is 21.3. The Morgan fingerprint density at radius 2 is 1.97 bits per heavy atom. The summed E-state index contributed by atoms with van der Waals surface area (Å²) in [5, 5.41) is 0.589. The number of hydrogen-bond acceptors (Lipinski definition) is 4. The van der Waals surface area contributed by atoms with Crippen molar-refractivity contribution < 1.29 is 9.13 Å². The summed E-state index contributed by atoms with van der Waals surface area (Å²) in [6.07, 6.45) is 8.51. The summed E-state index contributed by atoms with van der Waals surface area (Å²) in [6, 6.07) is 12.7. The van der Waals surface area contributed by atoms with Crippen LogP contribution in [0.3, 0.4) is 0 Å². The molecule has 0 aliphatic carbocycles. The molecule has 2 aliphatic heterocycles. The van der Waals surface area contributed by atoms with Gasteiger partial charge in [-0.25, -0.2) is 4.98 Å². The van der Waals surface area contributed by atoms with E-state index in [0.717, 1.165) is 71.0 Å². The number of aryl methyl sites for hydroxylation is 1. The number of imidazole rings is 1. The minimum absolute atomic E-state index is 0.166. The molecule has 5 heterocycles. The van der Waals surface area contributed by atoms with Gasteiger partial charge in [0.2, 0.25) is 0 Å². The van der Waals surface area contributed by atoms with Crippen LogP contribution in [0.2, 0.25) is 5.02 Å². The number of aromatic nitrogens is 3. The van der Waals surface area contributed by atoms with Crippen molar-refractivity contribution in [2.75, 3.05) is 19.8 Å². The molecule has 2 aliphatic rings. The van der Waals surface area contributed by atoms with Crippen LogP contribution in [0.4, 0.5) is 4.39 Å². The largest absolute Gasteiger partial charge is 0.482 e. The second-order valence-corrected chi connectivity index (χ2v) is 10.9. The van der Waals surface area contributed by atoms with Crippen LogP contribution in [-0.2, 0) is 13.0 Å². The Hall–Kier alpha value is -3.22. The topological polar surface area (TPSA) is 42.7 Å². The molecule has 0 spiro atoms. The lowest BCUT2D eigenvalue weighted by Crippen LogP contribution is -2.46. The lowest BCUT2D eigenvalue weighted by atomic mass is 9.79. The van der Waals surface area contributed by atoms with E-state index in [-0.39, 0.29) is 12.6 Å². The van der Waals surface area contributed by atoms with E-state index >= 15 is 0 Å². The second kappa shape index (κ2) is 9.26. The number of hydrogen-bond donors (Lipinski definition) is 0. The Morgan fingerprint density at radius 3 is 2.73 bits per heavy atom. The van der Waals surface area contributed by atoms with Crippen LogP contribution in [0.25, 0.3) is 16.8 Å². The maximum atomic E-state index is 12.8. The second-order valence-electron chi connectivity index (χ2n) is 10.5. The first-order valence-electron chi connectivity index (χ1n) is 12.8. The molecule has 1 aromatic carbocycles. The fourth-order valence-corrected chi connectivity index (χ4v) is 5.79. The van der Waals surface area contributed by atoms with Crippen molar-refractivity contribution in [1.29, 1.82) is 0 Å². The third kappa shape index (κ3) is 4.32. The van der Waals surface area contributed by atoms with E-state index in [1.54, 1.807) is 12.4 Å². The van der Waals surface area contributed by atoms with Gasteiger partial charge < -0.3 is 9.14 Å². The molecular weight excluding hydrogens is 487 g/mol. The monoisotopic (exact) mass is 516 g/mol. The molecule has 37 heavy (non-hydrogen) atoms. The molecule has 0 N–H and O–H groups in total. The van der Waals surface area contributed by atoms with Gasteiger partial charge in [0.1, 0.15) is 17.0 Å². The fraction of sp³-hybridized carbons (Fsp3) is 0.333. The van der Waals surface area contributed by atoms with Gasteiger partial charge in [-0.15, -0.1) is 0 Å². The van der Waals surface area contributed by atoms with Crippen LogP contribution in [-0.4, -0.2) is 44.6 Å². The Bertz CT molecular complexity index is 1520. The number of halogens is 2. The van der Waals surface area contributed by atoms with Gasteiger partial charge in [0, 0.05) is 72.6 Å². The van der Waals surface area contributed by atoms with Crippen molar-refractivity contribution in [2.24, 2.45) is 5.92 Å². The maximum Gasteiger partial charge on any atom is 0.137 e. The zero-order valence-corrected chi connectivity index (χ0v) is 22.1. The first kappa shape index (κ1) is 24.1. The zero-order chi connectivity index (χ0) is 25.7. The summed E-state index contributed by atoms with van der Waals surface area (Å²) in [5.41, 5.74) is 7.56. The van der Waals surface area contributed by atoms with E-state index in [4.69, 9.17) is 21.3 Å². The summed E-state index contributed by atoms with van der Waals surface area (Å²) >= 11 is 6.70. The van der Waals surface area contributed by atoms with Crippen molar-refractivity contribution in [3.8, 4) is 5.75 Å². The molecule has 0 atom stereocenters. The average molecular weight is 517 g/mol. The average Bonchev–Trinajstić information content (AvgIpc) is 3.26. The highest BCUT2D eigenvalue weighted by molar-refractivity contribution is 6.32. The van der Waals surface area contributed by atoms with Gasteiger partial charge in [0.15, 0.2) is 0 Å². The number of nitrogens with zero attached hydrogens (tertiary/aromatic N) is 4. The van der Waals surface area contributed by atoms with Crippen molar-refractivity contribution >= 4 is 28.4 Å². The van der Waals surface area contributed by atoms with Crippen molar-refractivity contribution in [2.45, 2.75) is 39.3 Å². The molecule has 190 valence electrons. The summed E-state index contributed by atoms with van der Waals surface area (Å²) < 4.78 is 21.5. The Labute approximate surface area is 221 Å². The van der Waals surface area contributed by atoms with E-state index in [1.165, 1.54) is 5.56 Å².